The molecule has 18 N–H and O–H groups in total. The zero-order valence-electron chi connectivity index (χ0n) is 84.0. The molecule has 7 rings (SSSR count). The predicted octanol–water partition coefficient (Wildman–Crippen LogP) is 3.98. The van der Waals surface area contributed by atoms with Gasteiger partial charge in [-0.15, -0.1) is 0 Å². The zero-order chi connectivity index (χ0) is 105. The number of carboxylic acid groups (broad SMARTS) is 1. The molecule has 0 aromatic heterocycles. The van der Waals surface area contributed by atoms with E-state index in [0.29, 0.717) is 68.8 Å². The number of sulfonamides is 2. The van der Waals surface area contributed by atoms with Gasteiger partial charge >= 0.3 is 30.0 Å². The first-order valence-electron chi connectivity index (χ1n) is 46.0. The molecule has 11 amide bonds. The van der Waals surface area contributed by atoms with E-state index in [9.17, 15) is 93.9 Å². The van der Waals surface area contributed by atoms with Crippen LogP contribution in [0.25, 0.3) is 11.1 Å². The largest absolute Gasteiger partial charge is 0.487 e. The van der Waals surface area contributed by atoms with E-state index in [2.05, 4.69) is 78.6 Å². The Labute approximate surface area is 816 Å². The number of benzene rings is 4. The number of aliphatic carboxylic acids is 1. The van der Waals surface area contributed by atoms with Gasteiger partial charge in [0.1, 0.15) is 113 Å². The van der Waals surface area contributed by atoms with Gasteiger partial charge in [-0.25, -0.2) is 31.1 Å². The third kappa shape index (κ3) is 31.9. The first-order chi connectivity index (χ1) is 64.6. The topological polar surface area (TPSA) is 628 Å². The van der Waals surface area contributed by atoms with Gasteiger partial charge in [0.05, 0.1) is 29.1 Å². The highest BCUT2D eigenvalue weighted by molar-refractivity contribution is 7.90. The molecule has 0 saturated carbocycles. The molecule has 43 nitrogen and oxygen atoms in total. The van der Waals surface area contributed by atoms with E-state index in [-0.39, 0.29) is 54.7 Å². The molecule has 0 bridgehead atoms. The smallest absolute Gasteiger partial charge is 0.407 e. The lowest BCUT2D eigenvalue weighted by atomic mass is 9.94. The van der Waals surface area contributed by atoms with E-state index >= 15 is 0 Å². The van der Waals surface area contributed by atoms with Crippen LogP contribution in [0, 0.1) is 52.4 Å². The normalized spacial score (nSPS) is 15.8. The number of carbonyl (C=O) groups is 15. The number of alkyl carbamates (subject to hydrolysis) is 1. The number of nitrogens with one attached hydrogen (secondary N) is 17. The van der Waals surface area contributed by atoms with E-state index < -0.39 is 241 Å². The van der Waals surface area contributed by atoms with Crippen molar-refractivity contribution in [1.29, 1.82) is 10.8 Å². The standard InChI is InChI=1S/C95H137N17O26S2/c1-46-48(3)75(50(5)62-43-94(22,23)137-73(46)62)139(129,130)111-88(96)98-38-30-36-65(107-78(117)53(8)103-85(124)68(41-71(114)135-92(16,17)18)110-81(120)56(11)105-90(128)133-45-64-60-34-28-26-32-58(60)59-33-27-29-35-61(59)64)82(121)100-54(9)79(118)108-67(40-70(113)134-91(13,14)15)84(123)102-52(7)77(116)106-66(83(122)101-55(10)80(119)109-69(42-72(115)136-93(19,20)21)86(125)104-57(12)87(126)127)37-31-39-99-89(97)112-140(131,132)76-49(4)47(2)74-63(51(76)6)44-95(24,25)138-74/h26-29,32-35,52-57,64-69H,30-31,36-45H2,1-25H3,(H,100,121)(H,101,122)(H,102,123)(H,103,124)(H,104,125)(H,105,128)(H,106,116)(H,107,117)(H,108,118)(H,109,119)(H,110,120)(H,126,127)(H3,96,98,111)(H3,97,99,112)/t52-,53-,54-,55-,56-,57-,65-,66-,67-,68-,69-/m0/s1. The maximum absolute atomic E-state index is 14.8. The minimum atomic E-state index is -4.47. The van der Waals surface area contributed by atoms with Crippen molar-refractivity contribution in [3.8, 4) is 22.6 Å². The number of hydrogen-bond donors (Lipinski definition) is 18. The van der Waals surface area contributed by atoms with Crippen LogP contribution in [0.1, 0.15) is 238 Å². The number of carbonyl (C=O) groups excluding carboxylic acids is 14. The summed E-state index contributed by atoms with van der Waals surface area (Å²) in [6.07, 6.45) is -3.92. The first kappa shape index (κ1) is 114. The lowest BCUT2D eigenvalue weighted by Crippen LogP contribution is -2.60. The van der Waals surface area contributed by atoms with Gasteiger partial charge in [0.25, 0.3) is 20.0 Å². The second-order valence-electron chi connectivity index (χ2n) is 39.6. The Bertz CT molecular complexity index is 5660. The summed E-state index contributed by atoms with van der Waals surface area (Å²) in [5.41, 5.74) is 3.19. The van der Waals surface area contributed by atoms with Crippen molar-refractivity contribution in [3.05, 3.63) is 104 Å². The molecule has 2 aliphatic heterocycles. The Morgan fingerprint density at radius 1 is 0.400 bits per heavy atom. The molecular formula is C95H137N17O26S2. The molecule has 0 spiro atoms. The number of rotatable bonds is 42. The summed E-state index contributed by atoms with van der Waals surface area (Å²) >= 11 is 0. The summed E-state index contributed by atoms with van der Waals surface area (Å²) in [5, 5.41) is 58.6. The molecular weight excluding hydrogens is 1860 g/mol. The number of amides is 11. The number of hydrogen-bond acceptors (Lipinski definition) is 27. The minimum Gasteiger partial charge on any atom is -0.487 e. The molecule has 0 saturated heterocycles. The van der Waals surface area contributed by atoms with Gasteiger partial charge in [0.2, 0.25) is 71.0 Å². The van der Waals surface area contributed by atoms with Crippen molar-refractivity contribution in [2.75, 3.05) is 19.7 Å². The molecule has 45 heteroatoms. The molecule has 3 aliphatic rings. The SMILES string of the molecule is Cc1c(C)c(S(=O)(=O)NC(=N)NCCC[C@H](NC(=O)[C@H](C)NC(=O)[C@H](CC(=O)OC(C)(C)C)NC(=O)[C@H](C)NC(=O)[C@H](CCCNC(=N)NS(=O)(=O)c2c(C)c(C)c3c(c2C)CC(C)(C)O3)NC(=O)[C@H](C)NC(=O)[C@H](CC(=O)OC(C)(C)C)NC(=O)[C@H](C)NC(=O)OCC2c3ccccc3-c3ccccc32)C(=O)N[C@@H](C)C(=O)N[C@@H](CC(=O)OC(C)(C)C)C(=O)N[C@@H](C)C(=O)O)c(C)c2c1OC(C)(C)C2. The summed E-state index contributed by atoms with van der Waals surface area (Å²) in [4.78, 5) is 209. The molecule has 0 unspecified atom stereocenters. The van der Waals surface area contributed by atoms with Gasteiger partial charge in [0.15, 0.2) is 0 Å². The monoisotopic (exact) mass is 2000 g/mol. The lowest BCUT2D eigenvalue weighted by Gasteiger charge is -2.27. The van der Waals surface area contributed by atoms with Gasteiger partial charge in [0, 0.05) is 43.0 Å². The van der Waals surface area contributed by atoms with Crippen LogP contribution in [-0.4, -0.2) is 237 Å². The van der Waals surface area contributed by atoms with Gasteiger partial charge in [-0.1, -0.05) is 48.5 Å². The van der Waals surface area contributed by atoms with Crippen molar-refractivity contribution in [3.63, 3.8) is 0 Å². The second kappa shape index (κ2) is 46.7. The van der Waals surface area contributed by atoms with E-state index in [1.165, 1.54) is 55.4 Å². The Balaban J connectivity index is 1.10. The lowest BCUT2D eigenvalue weighted by molar-refractivity contribution is -0.157. The number of fused-ring (bicyclic) bond motifs is 5. The Morgan fingerprint density at radius 2 is 0.679 bits per heavy atom. The van der Waals surface area contributed by atoms with Crippen LogP contribution in [0.5, 0.6) is 11.5 Å². The summed E-state index contributed by atoms with van der Waals surface area (Å²) in [6.45, 7) is 37.4. The van der Waals surface area contributed by atoms with Crippen LogP contribution in [0.3, 0.4) is 0 Å². The summed E-state index contributed by atoms with van der Waals surface area (Å²) in [6, 6.07) is -3.36. The van der Waals surface area contributed by atoms with Crippen molar-refractivity contribution in [2.24, 2.45) is 0 Å². The van der Waals surface area contributed by atoms with Crippen LogP contribution in [0.4, 0.5) is 4.79 Å². The van der Waals surface area contributed by atoms with Crippen LogP contribution >= 0.6 is 0 Å². The number of ether oxygens (including phenoxy) is 6. The predicted molar refractivity (Wildman–Crippen MR) is 513 cm³/mol. The van der Waals surface area contributed by atoms with Crippen LogP contribution in [-0.2, 0) is 119 Å². The maximum atomic E-state index is 14.8. The zero-order valence-corrected chi connectivity index (χ0v) is 85.6. The fraction of sp³-hybridized carbons (Fsp3) is 0.568. The van der Waals surface area contributed by atoms with E-state index in [1.54, 1.807) is 62.3 Å². The van der Waals surface area contributed by atoms with Gasteiger partial charge in [-0.05, 0) is 254 Å². The Kier molecular flexibility index (Phi) is 37.9. The summed E-state index contributed by atoms with van der Waals surface area (Å²) in [5.74, 6) is -16.4. The fourth-order valence-electron chi connectivity index (χ4n) is 15.9. The van der Waals surface area contributed by atoms with Gasteiger partial charge in [-0.2, -0.15) is 0 Å². The fourth-order valence-corrected chi connectivity index (χ4v) is 18.9. The first-order valence-corrected chi connectivity index (χ1v) is 48.9. The number of guanidine groups is 2. The van der Waals surface area contributed by atoms with E-state index in [4.69, 9.17) is 39.2 Å². The van der Waals surface area contributed by atoms with Crippen molar-refractivity contribution in [1.82, 2.24) is 78.6 Å². The van der Waals surface area contributed by atoms with Crippen molar-refractivity contribution in [2.45, 2.75) is 341 Å². The van der Waals surface area contributed by atoms with Crippen molar-refractivity contribution >= 4 is 121 Å². The molecule has 4 aromatic rings. The average molecular weight is 2000 g/mol. The molecule has 0 fully saturated rings. The average Bonchev–Trinajstić information content (AvgIpc) is 1.56. The van der Waals surface area contributed by atoms with E-state index in [0.717, 1.165) is 49.9 Å². The summed E-state index contributed by atoms with van der Waals surface area (Å²) in [7, 11) is -8.92. The highest BCUT2D eigenvalue weighted by Crippen LogP contribution is 2.47. The van der Waals surface area contributed by atoms with Crippen molar-refractivity contribution < 1.29 is 122 Å². The molecule has 2 heterocycles. The van der Waals surface area contributed by atoms with E-state index in [1.807, 2.05) is 76.2 Å². The maximum Gasteiger partial charge on any atom is 0.407 e. The highest BCUT2D eigenvalue weighted by atomic mass is 32.2. The Hall–Kier alpha value is -13.2. The highest BCUT2D eigenvalue weighted by Gasteiger charge is 2.43. The summed E-state index contributed by atoms with van der Waals surface area (Å²) < 4.78 is 95.4. The number of carboxylic acids is 1. The number of esters is 3. The van der Waals surface area contributed by atoms with Crippen LogP contribution < -0.4 is 88.0 Å². The third-order valence-electron chi connectivity index (χ3n) is 22.9. The van der Waals surface area contributed by atoms with Gasteiger partial charge < -0.3 is 103 Å². The molecule has 4 aromatic carbocycles. The second-order valence-corrected chi connectivity index (χ2v) is 42.8. The molecule has 1 aliphatic carbocycles. The quantitative estimate of drug-likeness (QED) is 0.00980. The molecule has 770 valence electrons. The van der Waals surface area contributed by atoms with Crippen LogP contribution in [0.2, 0.25) is 0 Å². The molecule has 11 atom stereocenters. The Morgan fingerprint density at radius 3 is 0.979 bits per heavy atom. The third-order valence-corrected chi connectivity index (χ3v) is 26.1. The van der Waals surface area contributed by atoms with Crippen LogP contribution in [0.15, 0.2) is 58.3 Å². The molecule has 140 heavy (non-hydrogen) atoms. The van der Waals surface area contributed by atoms with Gasteiger partial charge in [-0.3, -0.25) is 77.9 Å². The minimum absolute atomic E-state index is 0.0761. The molecule has 0 radical (unpaired) electrons.